The molecule has 2 aliphatic heterocycles. The van der Waals surface area contributed by atoms with Crippen LogP contribution in [0.2, 0.25) is 0 Å². The Morgan fingerprint density at radius 2 is 2.24 bits per heavy atom. The molecule has 0 N–H and O–H groups in total. The van der Waals surface area contributed by atoms with E-state index >= 15 is 0 Å². The number of ether oxygens (including phenoxy) is 2. The first-order valence-electron chi connectivity index (χ1n) is 6.38. The summed E-state index contributed by atoms with van der Waals surface area (Å²) in [5.74, 6) is 0.121. The molecule has 0 bridgehead atoms. The van der Waals surface area contributed by atoms with Crippen molar-refractivity contribution < 1.29 is 14.3 Å². The number of alkyl halides is 1. The van der Waals surface area contributed by atoms with Crippen LogP contribution in [-0.4, -0.2) is 54.6 Å². The van der Waals surface area contributed by atoms with Gasteiger partial charge in [0.05, 0.1) is 19.8 Å². The zero-order valence-corrected chi connectivity index (χ0v) is 11.7. The highest BCUT2D eigenvalue weighted by atomic mass is 79.9. The van der Waals surface area contributed by atoms with E-state index in [0.717, 1.165) is 31.1 Å². The smallest absolute Gasteiger partial charge is 0.254 e. The van der Waals surface area contributed by atoms with Crippen LogP contribution in [0.25, 0.3) is 0 Å². The largest absolute Gasteiger partial charge is 0.376 e. The number of halogens is 1. The first-order valence-corrected chi connectivity index (χ1v) is 7.51. The second-order valence-corrected chi connectivity index (χ2v) is 5.39. The highest BCUT2D eigenvalue weighted by Gasteiger charge is 2.32. The fourth-order valence-electron chi connectivity index (χ4n) is 2.53. The van der Waals surface area contributed by atoms with Crippen LogP contribution < -0.4 is 0 Å². The fourth-order valence-corrected chi connectivity index (χ4v) is 3.06. The molecule has 0 aromatic carbocycles. The van der Waals surface area contributed by atoms with Gasteiger partial charge in [-0.1, -0.05) is 15.9 Å². The number of hydrogen-bond donors (Lipinski definition) is 0. The summed E-state index contributed by atoms with van der Waals surface area (Å²) in [5.41, 5.74) is 0. The minimum absolute atomic E-state index is 0.121. The minimum atomic E-state index is -0.375. The molecule has 0 aromatic heterocycles. The first-order chi connectivity index (χ1) is 8.33. The Morgan fingerprint density at radius 1 is 1.35 bits per heavy atom. The van der Waals surface area contributed by atoms with Crippen LogP contribution in [0.1, 0.15) is 25.7 Å². The third kappa shape index (κ3) is 3.42. The van der Waals surface area contributed by atoms with Gasteiger partial charge in [0.2, 0.25) is 0 Å². The van der Waals surface area contributed by atoms with E-state index in [2.05, 4.69) is 15.9 Å². The number of hydrogen-bond acceptors (Lipinski definition) is 3. The summed E-state index contributed by atoms with van der Waals surface area (Å²) in [6.07, 6.45) is 4.10. The maximum Gasteiger partial charge on any atom is 0.254 e. The van der Waals surface area contributed by atoms with Crippen LogP contribution in [0.4, 0.5) is 0 Å². The van der Waals surface area contributed by atoms with Crippen molar-refractivity contribution in [3.63, 3.8) is 0 Å². The van der Waals surface area contributed by atoms with Gasteiger partial charge in [0.25, 0.3) is 5.91 Å². The van der Waals surface area contributed by atoms with Crippen molar-refractivity contribution in [3.8, 4) is 0 Å². The number of carbonyl (C=O) groups excluding carboxylic acids is 1. The minimum Gasteiger partial charge on any atom is -0.376 e. The lowest BCUT2D eigenvalue weighted by Gasteiger charge is -2.38. The average Bonchev–Trinajstić information content (AvgIpc) is 2.40. The lowest BCUT2D eigenvalue weighted by atomic mass is 9.99. The predicted octanol–water partition coefficient (Wildman–Crippen LogP) is 1.57. The Labute approximate surface area is 111 Å². The van der Waals surface area contributed by atoms with E-state index in [1.165, 1.54) is 6.42 Å². The summed E-state index contributed by atoms with van der Waals surface area (Å²) in [7, 11) is 0. The molecule has 2 heterocycles. The third-order valence-corrected chi connectivity index (χ3v) is 3.90. The van der Waals surface area contributed by atoms with Crippen LogP contribution in [0.15, 0.2) is 0 Å². The van der Waals surface area contributed by atoms with Gasteiger partial charge in [-0.25, -0.2) is 0 Å². The maximum absolute atomic E-state index is 12.3. The summed E-state index contributed by atoms with van der Waals surface area (Å²) in [5, 5.41) is 0.948. The molecule has 17 heavy (non-hydrogen) atoms. The third-order valence-electron chi connectivity index (χ3n) is 3.44. The van der Waals surface area contributed by atoms with Gasteiger partial charge in [-0.2, -0.15) is 0 Å². The van der Waals surface area contributed by atoms with Crippen molar-refractivity contribution in [1.82, 2.24) is 4.90 Å². The number of likely N-dealkylation sites (tertiary alicyclic amines) is 1. The van der Waals surface area contributed by atoms with Crippen LogP contribution in [0.5, 0.6) is 0 Å². The van der Waals surface area contributed by atoms with Gasteiger partial charge in [0, 0.05) is 17.9 Å². The van der Waals surface area contributed by atoms with Crippen molar-refractivity contribution >= 4 is 21.8 Å². The predicted molar refractivity (Wildman–Crippen MR) is 68.3 cm³/mol. The second-order valence-electron chi connectivity index (χ2n) is 4.59. The summed E-state index contributed by atoms with van der Waals surface area (Å²) < 4.78 is 10.8. The molecule has 1 amide bonds. The Bertz CT molecular complexity index is 254. The topological polar surface area (TPSA) is 38.8 Å². The normalized spacial score (nSPS) is 30.3. The van der Waals surface area contributed by atoms with E-state index in [-0.39, 0.29) is 12.0 Å². The maximum atomic E-state index is 12.3. The average molecular weight is 306 g/mol. The molecule has 2 unspecified atom stereocenters. The molecule has 2 saturated heterocycles. The highest BCUT2D eigenvalue weighted by Crippen LogP contribution is 2.22. The summed E-state index contributed by atoms with van der Waals surface area (Å²) >= 11 is 3.46. The number of piperidine rings is 1. The number of carbonyl (C=O) groups is 1. The zero-order valence-electron chi connectivity index (χ0n) is 10.1. The standard InChI is InChI=1S/C12H20BrNO3/c13-5-4-10-3-1-2-6-14(10)12(15)11-9-16-7-8-17-11/h10-11H,1-9H2. The molecule has 0 aromatic rings. The number of rotatable bonds is 3. The molecule has 98 valence electrons. The van der Waals surface area contributed by atoms with E-state index in [4.69, 9.17) is 9.47 Å². The van der Waals surface area contributed by atoms with E-state index < -0.39 is 0 Å². The molecule has 0 radical (unpaired) electrons. The van der Waals surface area contributed by atoms with Crippen molar-refractivity contribution in [2.45, 2.75) is 37.8 Å². The fraction of sp³-hybridized carbons (Fsp3) is 0.917. The highest BCUT2D eigenvalue weighted by molar-refractivity contribution is 9.09. The Balaban J connectivity index is 1.94. The van der Waals surface area contributed by atoms with Gasteiger partial charge in [0.15, 0.2) is 6.10 Å². The first kappa shape index (κ1) is 13.3. The number of nitrogens with zero attached hydrogens (tertiary/aromatic N) is 1. The molecule has 0 aliphatic carbocycles. The van der Waals surface area contributed by atoms with Crippen LogP contribution >= 0.6 is 15.9 Å². The molecule has 2 atom stereocenters. The van der Waals surface area contributed by atoms with Crippen LogP contribution in [0.3, 0.4) is 0 Å². The molecule has 0 spiro atoms. The molecule has 2 fully saturated rings. The SMILES string of the molecule is O=C(C1COCCO1)N1CCCCC1CCBr. The van der Waals surface area contributed by atoms with Crippen molar-refractivity contribution in [2.75, 3.05) is 31.7 Å². The van der Waals surface area contributed by atoms with Crippen LogP contribution in [-0.2, 0) is 14.3 Å². The number of amides is 1. The van der Waals surface area contributed by atoms with Crippen molar-refractivity contribution in [2.24, 2.45) is 0 Å². The summed E-state index contributed by atoms with van der Waals surface area (Å²) in [4.78, 5) is 14.3. The second kappa shape index (κ2) is 6.71. The Morgan fingerprint density at radius 3 is 2.94 bits per heavy atom. The monoisotopic (exact) mass is 305 g/mol. The molecule has 5 heteroatoms. The molecule has 0 saturated carbocycles. The molecule has 2 aliphatic rings. The van der Waals surface area contributed by atoms with Gasteiger partial charge in [-0.15, -0.1) is 0 Å². The zero-order chi connectivity index (χ0) is 12.1. The lowest BCUT2D eigenvalue weighted by Crippen LogP contribution is -2.51. The summed E-state index contributed by atoms with van der Waals surface area (Å²) in [6.45, 7) is 2.43. The quantitative estimate of drug-likeness (QED) is 0.743. The van der Waals surface area contributed by atoms with Gasteiger partial charge >= 0.3 is 0 Å². The molecule has 2 rings (SSSR count). The van der Waals surface area contributed by atoms with Crippen LogP contribution in [0, 0.1) is 0 Å². The van der Waals surface area contributed by atoms with Gasteiger partial charge in [-0.3, -0.25) is 4.79 Å². The van der Waals surface area contributed by atoms with Gasteiger partial charge in [-0.05, 0) is 25.7 Å². The Hall–Kier alpha value is -0.130. The van der Waals surface area contributed by atoms with E-state index in [0.29, 0.717) is 25.9 Å². The molecular formula is C12H20BrNO3. The van der Waals surface area contributed by atoms with Gasteiger partial charge < -0.3 is 14.4 Å². The van der Waals surface area contributed by atoms with E-state index in [1.54, 1.807) is 0 Å². The summed E-state index contributed by atoms with van der Waals surface area (Å²) in [6, 6.07) is 0.376. The van der Waals surface area contributed by atoms with Crippen molar-refractivity contribution in [3.05, 3.63) is 0 Å². The molecular weight excluding hydrogens is 286 g/mol. The van der Waals surface area contributed by atoms with E-state index in [1.807, 2.05) is 4.90 Å². The lowest BCUT2D eigenvalue weighted by molar-refractivity contribution is -0.161. The molecule has 4 nitrogen and oxygen atoms in total. The van der Waals surface area contributed by atoms with E-state index in [9.17, 15) is 4.79 Å². The Kier molecular flexibility index (Phi) is 5.25. The van der Waals surface area contributed by atoms with Crippen molar-refractivity contribution in [1.29, 1.82) is 0 Å². The van der Waals surface area contributed by atoms with Gasteiger partial charge in [0.1, 0.15) is 0 Å².